The summed E-state index contributed by atoms with van der Waals surface area (Å²) in [5.74, 6) is 0. The van der Waals surface area contributed by atoms with Crippen LogP contribution >= 0.6 is 0 Å². The van der Waals surface area contributed by atoms with Gasteiger partial charge in [0.05, 0.1) is 6.26 Å². The van der Waals surface area contributed by atoms with Crippen molar-refractivity contribution in [3.05, 3.63) is 30.0 Å². The molecular weight excluding hydrogens is 200 g/mol. The minimum atomic E-state index is 0.144. The largest absolute Gasteiger partial charge is 0.464 e. The summed E-state index contributed by atoms with van der Waals surface area (Å²) in [5.41, 5.74) is 9.18. The third-order valence-electron chi connectivity index (χ3n) is 2.67. The highest BCUT2D eigenvalue weighted by molar-refractivity contribution is 5.84. The summed E-state index contributed by atoms with van der Waals surface area (Å²) in [6.45, 7) is 2.01. The Morgan fingerprint density at radius 1 is 1.38 bits per heavy atom. The maximum absolute atomic E-state index is 5.86. The Hall–Kier alpha value is -1.48. The van der Waals surface area contributed by atoms with Crippen LogP contribution in [0.25, 0.3) is 11.0 Å². The number of nitrogens with two attached hydrogens (primary N) is 1. The van der Waals surface area contributed by atoms with E-state index in [1.165, 1.54) is 11.3 Å². The number of anilines is 1. The standard InChI is InChI=1S/C13H18N2O/c1-9(14)6-11-8-12(15(2)3)7-10-4-5-16-13(10)11/h4-5,7-9H,6,14H2,1-3H3. The molecule has 3 nitrogen and oxygen atoms in total. The normalized spacial score (nSPS) is 13.0. The van der Waals surface area contributed by atoms with Crippen LogP contribution in [0.15, 0.2) is 28.9 Å². The lowest BCUT2D eigenvalue weighted by molar-refractivity contribution is 0.606. The van der Waals surface area contributed by atoms with Crippen molar-refractivity contribution in [2.24, 2.45) is 5.73 Å². The summed E-state index contributed by atoms with van der Waals surface area (Å²) < 4.78 is 5.51. The lowest BCUT2D eigenvalue weighted by Gasteiger charge is -2.15. The van der Waals surface area contributed by atoms with Gasteiger partial charge in [-0.25, -0.2) is 0 Å². The zero-order valence-corrected chi connectivity index (χ0v) is 10.0. The number of hydrogen-bond acceptors (Lipinski definition) is 3. The highest BCUT2D eigenvalue weighted by atomic mass is 16.3. The Kier molecular flexibility index (Phi) is 2.88. The van der Waals surface area contributed by atoms with E-state index in [2.05, 4.69) is 17.0 Å². The molecule has 1 aromatic carbocycles. The molecule has 0 saturated carbocycles. The molecule has 2 rings (SSSR count). The highest BCUT2D eigenvalue weighted by Crippen LogP contribution is 2.27. The van der Waals surface area contributed by atoms with Crippen LogP contribution in [0.3, 0.4) is 0 Å². The molecule has 2 aromatic rings. The fourth-order valence-electron chi connectivity index (χ4n) is 1.90. The molecule has 0 aliphatic rings. The van der Waals surface area contributed by atoms with E-state index in [1.807, 2.05) is 27.1 Å². The van der Waals surface area contributed by atoms with Crippen molar-refractivity contribution >= 4 is 16.7 Å². The molecule has 3 heteroatoms. The second-order valence-electron chi connectivity index (χ2n) is 4.52. The van der Waals surface area contributed by atoms with E-state index >= 15 is 0 Å². The average molecular weight is 218 g/mol. The molecule has 0 amide bonds. The second kappa shape index (κ2) is 4.18. The van der Waals surface area contributed by atoms with Crippen molar-refractivity contribution in [3.63, 3.8) is 0 Å². The molecule has 16 heavy (non-hydrogen) atoms. The van der Waals surface area contributed by atoms with Crippen LogP contribution in [-0.2, 0) is 6.42 Å². The second-order valence-corrected chi connectivity index (χ2v) is 4.52. The van der Waals surface area contributed by atoms with Gasteiger partial charge in [0, 0.05) is 31.2 Å². The van der Waals surface area contributed by atoms with Crippen molar-refractivity contribution in [1.82, 2.24) is 0 Å². The maximum Gasteiger partial charge on any atom is 0.137 e. The van der Waals surface area contributed by atoms with Crippen LogP contribution in [0.5, 0.6) is 0 Å². The fourth-order valence-corrected chi connectivity index (χ4v) is 1.90. The Morgan fingerprint density at radius 3 is 2.75 bits per heavy atom. The molecule has 1 unspecified atom stereocenters. The van der Waals surface area contributed by atoms with Gasteiger partial charge in [-0.3, -0.25) is 0 Å². The van der Waals surface area contributed by atoms with Crippen molar-refractivity contribution in [2.45, 2.75) is 19.4 Å². The van der Waals surface area contributed by atoms with Gasteiger partial charge in [-0.15, -0.1) is 0 Å². The molecule has 1 heterocycles. The van der Waals surface area contributed by atoms with Gasteiger partial charge < -0.3 is 15.1 Å². The lowest BCUT2D eigenvalue weighted by Crippen LogP contribution is -2.18. The molecule has 1 aromatic heterocycles. The van der Waals surface area contributed by atoms with Crippen LogP contribution in [0.1, 0.15) is 12.5 Å². The van der Waals surface area contributed by atoms with E-state index < -0.39 is 0 Å². The SMILES string of the molecule is CC(N)Cc1cc(N(C)C)cc2ccoc12. The molecule has 1 atom stereocenters. The highest BCUT2D eigenvalue weighted by Gasteiger charge is 2.09. The van der Waals surface area contributed by atoms with E-state index in [4.69, 9.17) is 10.2 Å². The minimum Gasteiger partial charge on any atom is -0.464 e. The molecule has 0 aliphatic heterocycles. The van der Waals surface area contributed by atoms with Gasteiger partial charge in [-0.05, 0) is 37.1 Å². The molecule has 0 bridgehead atoms. The van der Waals surface area contributed by atoms with Crippen molar-refractivity contribution < 1.29 is 4.42 Å². The smallest absolute Gasteiger partial charge is 0.137 e. The van der Waals surface area contributed by atoms with Crippen molar-refractivity contribution in [3.8, 4) is 0 Å². The molecule has 86 valence electrons. The van der Waals surface area contributed by atoms with Crippen LogP contribution in [0, 0.1) is 0 Å². The minimum absolute atomic E-state index is 0.144. The van der Waals surface area contributed by atoms with Gasteiger partial charge in [0.15, 0.2) is 0 Å². The maximum atomic E-state index is 5.86. The molecule has 0 saturated heterocycles. The first-order valence-electron chi connectivity index (χ1n) is 5.51. The number of furan rings is 1. The van der Waals surface area contributed by atoms with Crippen LogP contribution < -0.4 is 10.6 Å². The Balaban J connectivity index is 2.54. The summed E-state index contributed by atoms with van der Waals surface area (Å²) in [7, 11) is 4.08. The van der Waals surface area contributed by atoms with Crippen LogP contribution in [0.2, 0.25) is 0 Å². The molecule has 0 radical (unpaired) electrons. The number of fused-ring (bicyclic) bond motifs is 1. The monoisotopic (exact) mass is 218 g/mol. The Bertz CT molecular complexity index is 486. The Morgan fingerprint density at radius 2 is 2.12 bits per heavy atom. The van der Waals surface area contributed by atoms with Crippen LogP contribution in [-0.4, -0.2) is 20.1 Å². The number of hydrogen-bond donors (Lipinski definition) is 1. The summed E-state index contributed by atoms with van der Waals surface area (Å²) in [6.07, 6.45) is 2.57. The Labute approximate surface area is 95.8 Å². The molecule has 0 fully saturated rings. The van der Waals surface area contributed by atoms with E-state index in [-0.39, 0.29) is 6.04 Å². The molecule has 2 N–H and O–H groups in total. The first-order valence-corrected chi connectivity index (χ1v) is 5.51. The topological polar surface area (TPSA) is 42.4 Å². The summed E-state index contributed by atoms with van der Waals surface area (Å²) >= 11 is 0. The predicted octanol–water partition coefficient (Wildman–Crippen LogP) is 2.39. The van der Waals surface area contributed by atoms with E-state index in [0.29, 0.717) is 0 Å². The third kappa shape index (κ3) is 2.04. The fraction of sp³-hybridized carbons (Fsp3) is 0.385. The summed E-state index contributed by atoms with van der Waals surface area (Å²) in [5, 5.41) is 1.14. The van der Waals surface area contributed by atoms with Crippen LogP contribution in [0.4, 0.5) is 5.69 Å². The average Bonchev–Trinajstić information content (AvgIpc) is 2.64. The van der Waals surface area contributed by atoms with Gasteiger partial charge in [0.1, 0.15) is 5.58 Å². The number of rotatable bonds is 3. The van der Waals surface area contributed by atoms with Gasteiger partial charge in [0.2, 0.25) is 0 Å². The summed E-state index contributed by atoms with van der Waals surface area (Å²) in [6, 6.07) is 6.41. The van der Waals surface area contributed by atoms with E-state index in [9.17, 15) is 0 Å². The van der Waals surface area contributed by atoms with Crippen molar-refractivity contribution in [2.75, 3.05) is 19.0 Å². The van der Waals surface area contributed by atoms with Gasteiger partial charge in [0.25, 0.3) is 0 Å². The summed E-state index contributed by atoms with van der Waals surface area (Å²) in [4.78, 5) is 2.09. The molecule has 0 aliphatic carbocycles. The van der Waals surface area contributed by atoms with Gasteiger partial charge >= 0.3 is 0 Å². The van der Waals surface area contributed by atoms with Crippen molar-refractivity contribution in [1.29, 1.82) is 0 Å². The molecular formula is C13H18N2O. The first kappa shape index (κ1) is 11.0. The third-order valence-corrected chi connectivity index (χ3v) is 2.67. The lowest BCUT2D eigenvalue weighted by atomic mass is 10.0. The predicted molar refractivity (Wildman–Crippen MR) is 67.9 cm³/mol. The van der Waals surface area contributed by atoms with E-state index in [1.54, 1.807) is 6.26 Å². The zero-order chi connectivity index (χ0) is 11.7. The number of benzene rings is 1. The number of nitrogens with zero attached hydrogens (tertiary/aromatic N) is 1. The van der Waals surface area contributed by atoms with Gasteiger partial charge in [-0.2, -0.15) is 0 Å². The quantitative estimate of drug-likeness (QED) is 0.860. The van der Waals surface area contributed by atoms with E-state index in [0.717, 1.165) is 17.4 Å². The first-order chi connectivity index (χ1) is 7.58. The zero-order valence-electron chi connectivity index (χ0n) is 10.0. The van der Waals surface area contributed by atoms with Gasteiger partial charge in [-0.1, -0.05) is 0 Å². The molecule has 0 spiro atoms.